The summed E-state index contributed by atoms with van der Waals surface area (Å²) in [4.78, 5) is 0. The number of halogens is 4. The van der Waals surface area contributed by atoms with Gasteiger partial charge in [0.2, 0.25) is 10.0 Å². The zero-order valence-electron chi connectivity index (χ0n) is 10.7. The first kappa shape index (κ1) is 17.1. The van der Waals surface area contributed by atoms with Crippen molar-refractivity contribution in [1.82, 2.24) is 4.72 Å². The number of hydrogen-bond acceptors (Lipinski definition) is 3. The van der Waals surface area contributed by atoms with E-state index in [1.165, 1.54) is 25.3 Å². The third kappa shape index (κ3) is 4.26. The molecule has 0 bridgehead atoms. The van der Waals surface area contributed by atoms with Gasteiger partial charge in [0.15, 0.2) is 5.25 Å². The molecule has 0 saturated carbocycles. The maximum atomic E-state index is 12.4. The average molecular weight is 332 g/mol. The van der Waals surface area contributed by atoms with Crippen molar-refractivity contribution >= 4 is 21.6 Å². The highest BCUT2D eigenvalue weighted by Crippen LogP contribution is 2.26. The Morgan fingerprint density at radius 1 is 1.40 bits per heavy atom. The first-order valence-corrected chi connectivity index (χ1v) is 7.38. The summed E-state index contributed by atoms with van der Waals surface area (Å²) in [7, 11) is -3.17. The van der Waals surface area contributed by atoms with E-state index >= 15 is 0 Å². The van der Waals surface area contributed by atoms with Crippen LogP contribution in [0.2, 0.25) is 5.02 Å². The molecule has 20 heavy (non-hydrogen) atoms. The number of hydrogen-bond donors (Lipinski definition) is 1. The molecule has 9 heteroatoms. The van der Waals surface area contributed by atoms with Crippen LogP contribution in [-0.2, 0) is 16.6 Å². The SMILES string of the molecule is COc1ccc(Cl)cc1CNS(=O)(=O)[C@@H](C)C(F)(F)F. The molecule has 4 nitrogen and oxygen atoms in total. The highest BCUT2D eigenvalue weighted by Gasteiger charge is 2.44. The summed E-state index contributed by atoms with van der Waals surface area (Å²) in [5.74, 6) is 0.330. The van der Waals surface area contributed by atoms with Gasteiger partial charge in [-0.2, -0.15) is 13.2 Å². The fraction of sp³-hybridized carbons (Fsp3) is 0.455. The molecule has 0 aliphatic rings. The van der Waals surface area contributed by atoms with Crippen molar-refractivity contribution in [1.29, 1.82) is 0 Å². The molecule has 1 rings (SSSR count). The number of ether oxygens (including phenoxy) is 1. The van der Waals surface area contributed by atoms with Crippen LogP contribution in [-0.4, -0.2) is 27.0 Å². The second kappa shape index (κ2) is 6.19. The van der Waals surface area contributed by atoms with E-state index in [1.54, 1.807) is 0 Å². The summed E-state index contributed by atoms with van der Waals surface area (Å²) in [5, 5.41) is -2.18. The molecular formula is C11H13ClF3NO3S. The fourth-order valence-electron chi connectivity index (χ4n) is 1.36. The van der Waals surface area contributed by atoms with Gasteiger partial charge in [0.25, 0.3) is 0 Å². The monoisotopic (exact) mass is 331 g/mol. The number of rotatable bonds is 5. The Morgan fingerprint density at radius 2 is 2.00 bits per heavy atom. The third-order valence-corrected chi connectivity index (χ3v) is 4.61. The van der Waals surface area contributed by atoms with Gasteiger partial charge in [-0.25, -0.2) is 13.1 Å². The van der Waals surface area contributed by atoms with E-state index < -0.39 is 21.4 Å². The molecule has 0 radical (unpaired) electrons. The first-order chi connectivity index (χ1) is 9.08. The second-order valence-corrected chi connectivity index (χ2v) is 6.53. The molecule has 114 valence electrons. The Labute approximate surface area is 119 Å². The van der Waals surface area contributed by atoms with E-state index in [4.69, 9.17) is 16.3 Å². The van der Waals surface area contributed by atoms with Crippen LogP contribution in [0, 0.1) is 0 Å². The minimum absolute atomic E-state index is 0.323. The lowest BCUT2D eigenvalue weighted by molar-refractivity contribution is -0.127. The van der Waals surface area contributed by atoms with E-state index in [9.17, 15) is 21.6 Å². The summed E-state index contributed by atoms with van der Waals surface area (Å²) in [6.07, 6.45) is -4.83. The molecule has 1 atom stereocenters. The molecule has 0 aliphatic heterocycles. The van der Waals surface area contributed by atoms with Crippen molar-refractivity contribution in [3.8, 4) is 5.75 Å². The van der Waals surface area contributed by atoms with Crippen molar-refractivity contribution < 1.29 is 26.3 Å². The van der Waals surface area contributed by atoms with Crippen LogP contribution in [0.3, 0.4) is 0 Å². The van der Waals surface area contributed by atoms with Crippen LogP contribution in [0.4, 0.5) is 13.2 Å². The second-order valence-electron chi connectivity index (χ2n) is 4.01. The van der Waals surface area contributed by atoms with Crippen molar-refractivity contribution in [3.05, 3.63) is 28.8 Å². The zero-order valence-corrected chi connectivity index (χ0v) is 12.2. The molecule has 1 aromatic carbocycles. The van der Waals surface area contributed by atoms with Gasteiger partial charge in [0.1, 0.15) is 5.75 Å². The number of methoxy groups -OCH3 is 1. The van der Waals surface area contributed by atoms with Gasteiger partial charge >= 0.3 is 6.18 Å². The summed E-state index contributed by atoms with van der Waals surface area (Å²) in [6, 6.07) is 4.44. The highest BCUT2D eigenvalue weighted by atomic mass is 35.5. The molecule has 0 spiro atoms. The summed E-state index contributed by atoms with van der Waals surface area (Å²) >= 11 is 5.75. The largest absolute Gasteiger partial charge is 0.496 e. The molecule has 1 N–H and O–H groups in total. The predicted molar refractivity (Wildman–Crippen MR) is 69.3 cm³/mol. The first-order valence-electron chi connectivity index (χ1n) is 5.45. The van der Waals surface area contributed by atoms with Crippen LogP contribution in [0.5, 0.6) is 5.75 Å². The van der Waals surface area contributed by atoms with E-state index in [0.717, 1.165) is 0 Å². The molecular weight excluding hydrogens is 319 g/mol. The lowest BCUT2D eigenvalue weighted by Crippen LogP contribution is -2.41. The van der Waals surface area contributed by atoms with E-state index in [-0.39, 0.29) is 6.54 Å². The predicted octanol–water partition coefficient (Wildman–Crippen LogP) is 2.72. The van der Waals surface area contributed by atoms with Gasteiger partial charge < -0.3 is 4.74 Å². The van der Waals surface area contributed by atoms with Crippen molar-refractivity contribution in [2.24, 2.45) is 0 Å². The normalized spacial score (nSPS) is 14.1. The van der Waals surface area contributed by atoms with Crippen molar-refractivity contribution in [3.63, 3.8) is 0 Å². The molecule has 0 unspecified atom stereocenters. The molecule has 0 heterocycles. The third-order valence-electron chi connectivity index (χ3n) is 2.63. The number of benzene rings is 1. The Bertz CT molecular complexity index is 575. The lowest BCUT2D eigenvalue weighted by atomic mass is 10.2. The van der Waals surface area contributed by atoms with Crippen molar-refractivity contribution in [2.45, 2.75) is 24.9 Å². The summed E-state index contributed by atoms with van der Waals surface area (Å²) < 4.78 is 67.2. The molecule has 1 aromatic rings. The standard InChI is InChI=1S/C11H13ClF3NO3S/c1-7(11(13,14)15)20(17,18)16-6-8-5-9(12)3-4-10(8)19-2/h3-5,7,16H,6H2,1-2H3/t7-/m0/s1. The average Bonchev–Trinajstić information content (AvgIpc) is 2.34. The number of nitrogens with one attached hydrogen (secondary N) is 1. The van der Waals surface area contributed by atoms with Gasteiger partial charge in [0, 0.05) is 17.1 Å². The smallest absolute Gasteiger partial charge is 0.406 e. The Kier molecular flexibility index (Phi) is 5.28. The van der Waals surface area contributed by atoms with Crippen LogP contribution >= 0.6 is 11.6 Å². The maximum absolute atomic E-state index is 12.4. The zero-order chi connectivity index (χ0) is 15.6. The Balaban J connectivity index is 2.89. The van der Waals surface area contributed by atoms with E-state index in [1.807, 2.05) is 4.72 Å². The minimum atomic E-state index is -4.83. The van der Waals surface area contributed by atoms with E-state index in [2.05, 4.69) is 0 Å². The molecule has 0 fully saturated rings. The van der Waals surface area contributed by atoms with Crippen LogP contribution in [0.1, 0.15) is 12.5 Å². The molecule has 0 amide bonds. The Morgan fingerprint density at radius 3 is 2.50 bits per heavy atom. The molecule has 0 aliphatic carbocycles. The van der Waals surface area contributed by atoms with Crippen LogP contribution in [0.25, 0.3) is 0 Å². The lowest BCUT2D eigenvalue weighted by Gasteiger charge is -2.17. The summed E-state index contributed by atoms with van der Waals surface area (Å²) in [6.45, 7) is 0.240. The number of sulfonamides is 1. The van der Waals surface area contributed by atoms with Crippen LogP contribution < -0.4 is 9.46 Å². The van der Waals surface area contributed by atoms with Gasteiger partial charge in [-0.1, -0.05) is 11.6 Å². The number of alkyl halides is 3. The highest BCUT2D eigenvalue weighted by molar-refractivity contribution is 7.90. The minimum Gasteiger partial charge on any atom is -0.496 e. The van der Waals surface area contributed by atoms with E-state index in [0.29, 0.717) is 23.3 Å². The molecule has 0 aromatic heterocycles. The topological polar surface area (TPSA) is 55.4 Å². The summed E-state index contributed by atoms with van der Waals surface area (Å²) in [5.41, 5.74) is 0.345. The fourth-order valence-corrected chi connectivity index (χ4v) is 2.52. The van der Waals surface area contributed by atoms with Gasteiger partial charge in [0.05, 0.1) is 7.11 Å². The van der Waals surface area contributed by atoms with Gasteiger partial charge in [-0.15, -0.1) is 0 Å². The van der Waals surface area contributed by atoms with Gasteiger partial charge in [-0.05, 0) is 25.1 Å². The maximum Gasteiger partial charge on any atom is 0.406 e. The quantitative estimate of drug-likeness (QED) is 0.902. The Hall–Kier alpha value is -0.990. The van der Waals surface area contributed by atoms with Crippen molar-refractivity contribution in [2.75, 3.05) is 7.11 Å². The molecule has 0 saturated heterocycles. The van der Waals surface area contributed by atoms with Gasteiger partial charge in [-0.3, -0.25) is 0 Å². The van der Waals surface area contributed by atoms with Crippen LogP contribution in [0.15, 0.2) is 18.2 Å².